The molecule has 2 heteroatoms. The van der Waals surface area contributed by atoms with Gasteiger partial charge in [0.15, 0.2) is 0 Å². The number of halogens is 1. The van der Waals surface area contributed by atoms with Crippen molar-refractivity contribution in [3.05, 3.63) is 34.3 Å². The Balaban J connectivity index is 1.84. The van der Waals surface area contributed by atoms with Gasteiger partial charge in [-0.05, 0) is 43.9 Å². The summed E-state index contributed by atoms with van der Waals surface area (Å²) in [4.78, 5) is 0. The summed E-state index contributed by atoms with van der Waals surface area (Å²) in [6.45, 7) is 2.29. The quantitative estimate of drug-likeness (QED) is 0.882. The molecule has 1 saturated carbocycles. The normalized spacial score (nSPS) is 18.9. The average molecular weight is 282 g/mol. The summed E-state index contributed by atoms with van der Waals surface area (Å²) in [5, 5.41) is 3.73. The lowest BCUT2D eigenvalue weighted by Crippen LogP contribution is -2.35. The fourth-order valence-electron chi connectivity index (χ4n) is 2.57. The molecule has 1 nitrogen and oxygen atoms in total. The molecule has 0 amide bonds. The van der Waals surface area contributed by atoms with Crippen molar-refractivity contribution < 1.29 is 0 Å². The van der Waals surface area contributed by atoms with Gasteiger partial charge in [0.2, 0.25) is 0 Å². The molecule has 0 radical (unpaired) electrons. The van der Waals surface area contributed by atoms with Crippen LogP contribution in [0.4, 0.5) is 0 Å². The van der Waals surface area contributed by atoms with E-state index in [1.807, 2.05) is 0 Å². The predicted octanol–water partition coefficient (Wildman–Crippen LogP) is 3.91. The Kier molecular flexibility index (Phi) is 4.42. The second kappa shape index (κ2) is 5.83. The van der Waals surface area contributed by atoms with E-state index in [9.17, 15) is 0 Å². The molecular formula is C14H20BrN. The SMILES string of the molecule is CC(Cc1cccc(Br)c1)NC1CCCC1. The van der Waals surface area contributed by atoms with Gasteiger partial charge in [-0.3, -0.25) is 0 Å². The Morgan fingerprint density at radius 3 is 2.81 bits per heavy atom. The van der Waals surface area contributed by atoms with Crippen LogP contribution in [-0.4, -0.2) is 12.1 Å². The largest absolute Gasteiger partial charge is 0.311 e. The van der Waals surface area contributed by atoms with Crippen LogP contribution in [0.25, 0.3) is 0 Å². The van der Waals surface area contributed by atoms with Crippen LogP contribution >= 0.6 is 15.9 Å². The molecule has 1 atom stereocenters. The van der Waals surface area contributed by atoms with E-state index >= 15 is 0 Å². The standard InChI is InChI=1S/C14H20BrN/c1-11(16-14-7-2-3-8-14)9-12-5-4-6-13(15)10-12/h4-6,10-11,14,16H,2-3,7-9H2,1H3. The highest BCUT2D eigenvalue weighted by Gasteiger charge is 2.16. The van der Waals surface area contributed by atoms with Crippen LogP contribution < -0.4 is 5.32 Å². The highest BCUT2D eigenvalue weighted by atomic mass is 79.9. The maximum atomic E-state index is 3.73. The first-order valence-corrected chi connectivity index (χ1v) is 7.04. The molecule has 1 unspecified atom stereocenters. The van der Waals surface area contributed by atoms with Crippen LogP contribution in [0.2, 0.25) is 0 Å². The van der Waals surface area contributed by atoms with Gasteiger partial charge in [0.25, 0.3) is 0 Å². The van der Waals surface area contributed by atoms with Gasteiger partial charge in [0.05, 0.1) is 0 Å². The van der Waals surface area contributed by atoms with Crippen LogP contribution in [-0.2, 0) is 6.42 Å². The first-order chi connectivity index (χ1) is 7.74. The molecule has 16 heavy (non-hydrogen) atoms. The molecule has 1 N–H and O–H groups in total. The lowest BCUT2D eigenvalue weighted by molar-refractivity contribution is 0.448. The number of benzene rings is 1. The number of hydrogen-bond acceptors (Lipinski definition) is 1. The minimum absolute atomic E-state index is 0.581. The Bertz CT molecular complexity index is 331. The molecule has 1 aliphatic rings. The zero-order valence-electron chi connectivity index (χ0n) is 9.88. The molecule has 88 valence electrons. The summed E-state index contributed by atoms with van der Waals surface area (Å²) < 4.78 is 1.18. The third kappa shape index (κ3) is 3.60. The lowest BCUT2D eigenvalue weighted by Gasteiger charge is -2.19. The topological polar surface area (TPSA) is 12.0 Å². The zero-order valence-corrected chi connectivity index (χ0v) is 11.5. The molecule has 1 aromatic carbocycles. The molecule has 0 bridgehead atoms. The summed E-state index contributed by atoms with van der Waals surface area (Å²) in [6.07, 6.45) is 6.66. The van der Waals surface area contributed by atoms with Crippen molar-refractivity contribution >= 4 is 15.9 Å². The van der Waals surface area contributed by atoms with E-state index in [4.69, 9.17) is 0 Å². The Morgan fingerprint density at radius 1 is 1.38 bits per heavy atom. The van der Waals surface area contributed by atoms with Crippen LogP contribution in [0.1, 0.15) is 38.2 Å². The van der Waals surface area contributed by atoms with Crippen molar-refractivity contribution in [2.45, 2.75) is 51.1 Å². The second-order valence-corrected chi connectivity index (χ2v) is 5.80. The molecule has 0 aliphatic heterocycles. The van der Waals surface area contributed by atoms with Crippen molar-refractivity contribution in [2.75, 3.05) is 0 Å². The van der Waals surface area contributed by atoms with Gasteiger partial charge in [-0.25, -0.2) is 0 Å². The molecule has 0 heterocycles. The fourth-order valence-corrected chi connectivity index (χ4v) is 3.02. The van der Waals surface area contributed by atoms with Crippen molar-refractivity contribution in [3.8, 4) is 0 Å². The van der Waals surface area contributed by atoms with E-state index in [2.05, 4.69) is 52.4 Å². The third-order valence-corrected chi connectivity index (χ3v) is 3.80. The van der Waals surface area contributed by atoms with Crippen LogP contribution in [0, 0.1) is 0 Å². The Labute approximate surface area is 107 Å². The minimum Gasteiger partial charge on any atom is -0.311 e. The van der Waals surface area contributed by atoms with Crippen molar-refractivity contribution in [2.24, 2.45) is 0 Å². The molecule has 0 spiro atoms. The molecule has 0 aromatic heterocycles. The molecule has 0 saturated heterocycles. The van der Waals surface area contributed by atoms with E-state index in [-0.39, 0.29) is 0 Å². The summed E-state index contributed by atoms with van der Waals surface area (Å²) in [5.74, 6) is 0. The fraction of sp³-hybridized carbons (Fsp3) is 0.571. The molecular weight excluding hydrogens is 262 g/mol. The van der Waals surface area contributed by atoms with E-state index in [0.29, 0.717) is 6.04 Å². The zero-order chi connectivity index (χ0) is 11.4. The van der Waals surface area contributed by atoms with Gasteiger partial charge >= 0.3 is 0 Å². The van der Waals surface area contributed by atoms with Gasteiger partial charge in [-0.2, -0.15) is 0 Å². The van der Waals surface area contributed by atoms with E-state index < -0.39 is 0 Å². The maximum absolute atomic E-state index is 3.73. The first-order valence-electron chi connectivity index (χ1n) is 6.24. The van der Waals surface area contributed by atoms with Crippen molar-refractivity contribution in [3.63, 3.8) is 0 Å². The van der Waals surface area contributed by atoms with E-state index in [0.717, 1.165) is 12.5 Å². The van der Waals surface area contributed by atoms with E-state index in [1.165, 1.54) is 35.7 Å². The van der Waals surface area contributed by atoms with Gasteiger partial charge in [0, 0.05) is 16.6 Å². The summed E-state index contributed by atoms with van der Waals surface area (Å²) in [5.41, 5.74) is 1.41. The van der Waals surface area contributed by atoms with Crippen molar-refractivity contribution in [1.82, 2.24) is 5.32 Å². The van der Waals surface area contributed by atoms with Crippen LogP contribution in [0.3, 0.4) is 0 Å². The maximum Gasteiger partial charge on any atom is 0.0178 e. The Hall–Kier alpha value is -0.340. The second-order valence-electron chi connectivity index (χ2n) is 4.88. The predicted molar refractivity (Wildman–Crippen MR) is 72.7 cm³/mol. The van der Waals surface area contributed by atoms with Gasteiger partial charge in [-0.15, -0.1) is 0 Å². The molecule has 1 fully saturated rings. The monoisotopic (exact) mass is 281 g/mol. The number of rotatable bonds is 4. The Morgan fingerprint density at radius 2 is 2.12 bits per heavy atom. The third-order valence-electron chi connectivity index (χ3n) is 3.31. The van der Waals surface area contributed by atoms with Gasteiger partial charge < -0.3 is 5.32 Å². The van der Waals surface area contributed by atoms with Crippen LogP contribution in [0.5, 0.6) is 0 Å². The molecule has 2 rings (SSSR count). The van der Waals surface area contributed by atoms with Crippen molar-refractivity contribution in [1.29, 1.82) is 0 Å². The average Bonchev–Trinajstić information content (AvgIpc) is 2.70. The number of nitrogens with one attached hydrogen (secondary N) is 1. The molecule has 1 aromatic rings. The summed E-state index contributed by atoms with van der Waals surface area (Å²) in [7, 11) is 0. The molecule has 1 aliphatic carbocycles. The number of hydrogen-bond donors (Lipinski definition) is 1. The summed E-state index contributed by atoms with van der Waals surface area (Å²) in [6, 6.07) is 9.96. The first kappa shape index (κ1) is 12.1. The summed E-state index contributed by atoms with van der Waals surface area (Å²) >= 11 is 3.52. The van der Waals surface area contributed by atoms with Gasteiger partial charge in [-0.1, -0.05) is 40.9 Å². The minimum atomic E-state index is 0.581. The van der Waals surface area contributed by atoms with E-state index in [1.54, 1.807) is 0 Å². The van der Waals surface area contributed by atoms with Crippen LogP contribution in [0.15, 0.2) is 28.7 Å². The lowest BCUT2D eigenvalue weighted by atomic mass is 10.1. The van der Waals surface area contributed by atoms with Gasteiger partial charge in [0.1, 0.15) is 0 Å². The smallest absolute Gasteiger partial charge is 0.0178 e. The highest BCUT2D eigenvalue weighted by molar-refractivity contribution is 9.10. The highest BCUT2D eigenvalue weighted by Crippen LogP contribution is 2.19.